The summed E-state index contributed by atoms with van der Waals surface area (Å²) in [6, 6.07) is 0. The molecule has 0 fully saturated rings. The Morgan fingerprint density at radius 2 is 2.10 bits per heavy atom. The normalized spacial score (nSPS) is 20.9. The Kier molecular flexibility index (Phi) is 5.33. The van der Waals surface area contributed by atoms with E-state index in [1.54, 1.807) is 7.11 Å². The first-order valence-corrected chi connectivity index (χ1v) is 8.16. The average Bonchev–Trinajstić information content (AvgIpc) is 2.52. The van der Waals surface area contributed by atoms with Crippen LogP contribution in [0.1, 0.15) is 56.4 Å². The molecule has 0 spiro atoms. The van der Waals surface area contributed by atoms with E-state index in [4.69, 9.17) is 14.7 Å². The first kappa shape index (κ1) is 16.4. The number of aryl methyl sites for hydroxylation is 2. The molecule has 1 heterocycles. The summed E-state index contributed by atoms with van der Waals surface area (Å²) in [5.74, 6) is 1.56. The van der Waals surface area contributed by atoms with E-state index in [-0.39, 0.29) is 5.60 Å². The molecule has 1 aliphatic carbocycles. The summed E-state index contributed by atoms with van der Waals surface area (Å²) in [7, 11) is 1.74. The van der Waals surface area contributed by atoms with Gasteiger partial charge >= 0.3 is 0 Å². The van der Waals surface area contributed by atoms with Crippen molar-refractivity contribution in [2.45, 2.75) is 59.0 Å². The zero-order valence-corrected chi connectivity index (χ0v) is 14.1. The standard InChI is InChI=1S/C17H29N3O/c1-6-17(4,21-5)16-19-12(3)14-10-13(11-18-7-2)8-9-15(14)20-16/h13,18H,6-11H2,1-5H3. The minimum Gasteiger partial charge on any atom is -0.371 e. The highest BCUT2D eigenvalue weighted by atomic mass is 16.5. The minimum atomic E-state index is -0.375. The summed E-state index contributed by atoms with van der Waals surface area (Å²) in [6.07, 6.45) is 4.26. The van der Waals surface area contributed by atoms with E-state index in [1.165, 1.54) is 17.7 Å². The number of methoxy groups -OCH3 is 1. The fraction of sp³-hybridized carbons (Fsp3) is 0.765. The van der Waals surface area contributed by atoms with E-state index in [2.05, 4.69) is 33.0 Å². The van der Waals surface area contributed by atoms with Crippen LogP contribution in [0.3, 0.4) is 0 Å². The first-order chi connectivity index (χ1) is 10.0. The van der Waals surface area contributed by atoms with Crippen LogP contribution in [0.25, 0.3) is 0 Å². The third kappa shape index (κ3) is 3.43. The topological polar surface area (TPSA) is 47.0 Å². The van der Waals surface area contributed by atoms with Gasteiger partial charge in [0.05, 0.1) is 0 Å². The van der Waals surface area contributed by atoms with Crippen molar-refractivity contribution < 1.29 is 4.74 Å². The van der Waals surface area contributed by atoms with Gasteiger partial charge in [-0.3, -0.25) is 0 Å². The van der Waals surface area contributed by atoms with Crippen LogP contribution in [-0.4, -0.2) is 30.2 Å². The van der Waals surface area contributed by atoms with E-state index >= 15 is 0 Å². The van der Waals surface area contributed by atoms with E-state index in [0.717, 1.165) is 43.9 Å². The lowest BCUT2D eigenvalue weighted by Crippen LogP contribution is -2.31. The van der Waals surface area contributed by atoms with Gasteiger partial charge in [-0.25, -0.2) is 9.97 Å². The van der Waals surface area contributed by atoms with Gasteiger partial charge in [-0.15, -0.1) is 0 Å². The molecule has 21 heavy (non-hydrogen) atoms. The molecule has 118 valence electrons. The van der Waals surface area contributed by atoms with Gasteiger partial charge < -0.3 is 10.1 Å². The molecular weight excluding hydrogens is 262 g/mol. The molecule has 2 unspecified atom stereocenters. The van der Waals surface area contributed by atoms with Crippen molar-refractivity contribution in [1.29, 1.82) is 0 Å². The van der Waals surface area contributed by atoms with Gasteiger partial charge in [0.15, 0.2) is 5.82 Å². The number of fused-ring (bicyclic) bond motifs is 1. The Morgan fingerprint density at radius 1 is 1.33 bits per heavy atom. The van der Waals surface area contributed by atoms with Gasteiger partial charge in [-0.1, -0.05) is 13.8 Å². The Hall–Kier alpha value is -1.00. The van der Waals surface area contributed by atoms with Crippen molar-refractivity contribution in [3.05, 3.63) is 22.8 Å². The summed E-state index contributed by atoms with van der Waals surface area (Å²) >= 11 is 0. The number of aromatic nitrogens is 2. The Balaban J connectivity index is 2.26. The molecule has 2 atom stereocenters. The third-order valence-electron chi connectivity index (χ3n) is 4.86. The van der Waals surface area contributed by atoms with E-state index in [1.807, 2.05) is 0 Å². The SMILES string of the molecule is CCNCC1CCc2nc(C(C)(CC)OC)nc(C)c2C1. The summed E-state index contributed by atoms with van der Waals surface area (Å²) in [6.45, 7) is 10.6. The zero-order chi connectivity index (χ0) is 15.5. The van der Waals surface area contributed by atoms with Crippen LogP contribution in [0.2, 0.25) is 0 Å². The van der Waals surface area contributed by atoms with Gasteiger partial charge in [-0.05, 0) is 64.1 Å². The van der Waals surface area contributed by atoms with Gasteiger partial charge in [0, 0.05) is 18.5 Å². The van der Waals surface area contributed by atoms with Crippen LogP contribution < -0.4 is 5.32 Å². The fourth-order valence-electron chi connectivity index (χ4n) is 3.01. The van der Waals surface area contributed by atoms with Gasteiger partial charge in [0.25, 0.3) is 0 Å². The van der Waals surface area contributed by atoms with Gasteiger partial charge in [0.1, 0.15) is 5.60 Å². The Labute approximate surface area is 128 Å². The second-order valence-electron chi connectivity index (χ2n) is 6.26. The lowest BCUT2D eigenvalue weighted by Gasteiger charge is -2.29. The summed E-state index contributed by atoms with van der Waals surface area (Å²) in [5.41, 5.74) is 3.36. The van der Waals surface area contributed by atoms with Crippen molar-refractivity contribution in [2.75, 3.05) is 20.2 Å². The third-order valence-corrected chi connectivity index (χ3v) is 4.86. The molecule has 0 aliphatic heterocycles. The summed E-state index contributed by atoms with van der Waals surface area (Å²) < 4.78 is 5.66. The van der Waals surface area contributed by atoms with E-state index < -0.39 is 0 Å². The molecule has 0 radical (unpaired) electrons. The van der Waals surface area contributed by atoms with Crippen molar-refractivity contribution in [1.82, 2.24) is 15.3 Å². The van der Waals surface area contributed by atoms with Crippen molar-refractivity contribution >= 4 is 0 Å². The highest BCUT2D eigenvalue weighted by Crippen LogP contribution is 2.30. The Bertz CT molecular complexity index is 483. The molecule has 0 bridgehead atoms. The highest BCUT2D eigenvalue weighted by Gasteiger charge is 2.30. The molecule has 0 amide bonds. The van der Waals surface area contributed by atoms with Gasteiger partial charge in [0.2, 0.25) is 0 Å². The second-order valence-corrected chi connectivity index (χ2v) is 6.26. The summed E-state index contributed by atoms with van der Waals surface area (Å²) in [5, 5.41) is 3.46. The largest absolute Gasteiger partial charge is 0.371 e. The number of hydrogen-bond donors (Lipinski definition) is 1. The minimum absolute atomic E-state index is 0.375. The maximum atomic E-state index is 5.66. The lowest BCUT2D eigenvalue weighted by atomic mass is 9.85. The van der Waals surface area contributed by atoms with Crippen LogP contribution in [0.15, 0.2) is 0 Å². The van der Waals surface area contributed by atoms with Crippen molar-refractivity contribution in [2.24, 2.45) is 5.92 Å². The first-order valence-electron chi connectivity index (χ1n) is 8.16. The molecule has 4 nitrogen and oxygen atoms in total. The zero-order valence-electron chi connectivity index (χ0n) is 14.1. The molecule has 1 N–H and O–H groups in total. The van der Waals surface area contributed by atoms with Crippen LogP contribution >= 0.6 is 0 Å². The monoisotopic (exact) mass is 291 g/mol. The molecule has 0 saturated carbocycles. The maximum Gasteiger partial charge on any atom is 0.160 e. The summed E-state index contributed by atoms with van der Waals surface area (Å²) in [4.78, 5) is 9.60. The highest BCUT2D eigenvalue weighted by molar-refractivity contribution is 5.29. The molecule has 1 aromatic heterocycles. The lowest BCUT2D eigenvalue weighted by molar-refractivity contribution is -0.00939. The number of hydrogen-bond acceptors (Lipinski definition) is 4. The second kappa shape index (κ2) is 6.84. The Morgan fingerprint density at radius 3 is 2.71 bits per heavy atom. The number of ether oxygens (including phenoxy) is 1. The molecule has 1 aromatic rings. The van der Waals surface area contributed by atoms with Gasteiger partial charge in [-0.2, -0.15) is 0 Å². The van der Waals surface area contributed by atoms with Crippen LogP contribution in [0.4, 0.5) is 0 Å². The van der Waals surface area contributed by atoms with E-state index in [9.17, 15) is 0 Å². The average molecular weight is 291 g/mol. The van der Waals surface area contributed by atoms with Crippen molar-refractivity contribution in [3.63, 3.8) is 0 Å². The number of nitrogens with one attached hydrogen (secondary N) is 1. The smallest absolute Gasteiger partial charge is 0.160 e. The quantitative estimate of drug-likeness (QED) is 0.875. The fourth-order valence-corrected chi connectivity index (χ4v) is 3.01. The van der Waals surface area contributed by atoms with E-state index in [0.29, 0.717) is 5.92 Å². The maximum absolute atomic E-state index is 5.66. The number of rotatable bonds is 6. The molecular formula is C17H29N3O. The number of nitrogens with zero attached hydrogens (tertiary/aromatic N) is 2. The van der Waals surface area contributed by atoms with Crippen LogP contribution in [-0.2, 0) is 23.2 Å². The molecule has 2 rings (SSSR count). The van der Waals surface area contributed by atoms with Crippen molar-refractivity contribution in [3.8, 4) is 0 Å². The van der Waals surface area contributed by atoms with Crippen LogP contribution in [0.5, 0.6) is 0 Å². The molecule has 1 aliphatic rings. The predicted octanol–water partition coefficient (Wildman–Crippen LogP) is 2.77. The molecule has 4 heteroatoms. The molecule has 0 saturated heterocycles. The molecule has 0 aromatic carbocycles. The van der Waals surface area contributed by atoms with Crippen LogP contribution in [0, 0.1) is 12.8 Å². The predicted molar refractivity (Wildman–Crippen MR) is 85.5 cm³/mol.